The first-order chi connectivity index (χ1) is 14.0. The molecule has 1 atom stereocenters. The third-order valence-electron chi connectivity index (χ3n) is 6.49. The van der Waals surface area contributed by atoms with Gasteiger partial charge in [0.15, 0.2) is 6.10 Å². The molecule has 0 aromatic rings. The predicted octanol–water partition coefficient (Wildman–Crippen LogP) is 1.90. The molecular formula is C21H34N4O4. The van der Waals surface area contributed by atoms with Crippen molar-refractivity contribution in [2.45, 2.75) is 63.0 Å². The average molecular weight is 407 g/mol. The van der Waals surface area contributed by atoms with E-state index in [-0.39, 0.29) is 5.91 Å². The zero-order valence-corrected chi connectivity index (χ0v) is 17.5. The van der Waals surface area contributed by atoms with Gasteiger partial charge in [-0.3, -0.25) is 4.79 Å². The molecule has 0 aromatic carbocycles. The molecule has 0 spiro atoms. The zero-order chi connectivity index (χ0) is 20.7. The number of rotatable bonds is 5. The van der Waals surface area contributed by atoms with E-state index in [2.05, 4.69) is 16.3 Å². The highest BCUT2D eigenvalue weighted by Crippen LogP contribution is 2.29. The van der Waals surface area contributed by atoms with E-state index in [1.54, 1.807) is 4.90 Å². The van der Waals surface area contributed by atoms with Crippen LogP contribution in [0.15, 0.2) is 0 Å². The third-order valence-corrected chi connectivity index (χ3v) is 6.49. The van der Waals surface area contributed by atoms with E-state index in [4.69, 9.17) is 9.47 Å². The summed E-state index contributed by atoms with van der Waals surface area (Å²) < 4.78 is 11.0. The summed E-state index contributed by atoms with van der Waals surface area (Å²) in [6, 6.07) is 2.32. The van der Waals surface area contributed by atoms with Crippen molar-refractivity contribution in [3.63, 3.8) is 0 Å². The van der Waals surface area contributed by atoms with Crippen molar-refractivity contribution < 1.29 is 19.1 Å². The third kappa shape index (κ3) is 6.06. The molecule has 1 aliphatic carbocycles. The summed E-state index contributed by atoms with van der Waals surface area (Å²) in [5.74, 6) is 0.0517. The lowest BCUT2D eigenvalue weighted by atomic mass is 9.84. The monoisotopic (exact) mass is 406 g/mol. The minimum Gasteiger partial charge on any atom is -0.436 e. The Bertz CT molecular complexity index is 600. The minimum absolute atomic E-state index is 0.330. The lowest BCUT2D eigenvalue weighted by Crippen LogP contribution is -2.57. The molecule has 0 radical (unpaired) electrons. The van der Waals surface area contributed by atoms with Gasteiger partial charge in [-0.1, -0.05) is 32.1 Å². The minimum atomic E-state index is -0.875. The van der Waals surface area contributed by atoms with Gasteiger partial charge in [0.2, 0.25) is 0 Å². The van der Waals surface area contributed by atoms with Crippen molar-refractivity contribution in [1.29, 1.82) is 5.26 Å². The molecular weight excluding hydrogens is 372 g/mol. The van der Waals surface area contributed by atoms with Gasteiger partial charge in [0.25, 0.3) is 5.91 Å². The second-order valence-electron chi connectivity index (χ2n) is 8.70. The standard InChI is InChI=1S/C21H34N4O4/c1-24-9-7-21(16-22,8-10-24)23-19(26)18(15-17-5-3-2-4-6-17)29-20(27)25-11-13-28-14-12-25/h17-18H,2-15H2,1H3,(H,23,26). The fourth-order valence-electron chi connectivity index (χ4n) is 4.46. The predicted molar refractivity (Wildman–Crippen MR) is 107 cm³/mol. The van der Waals surface area contributed by atoms with E-state index in [0.717, 1.165) is 38.8 Å². The van der Waals surface area contributed by atoms with Crippen LogP contribution in [0.25, 0.3) is 0 Å². The topological polar surface area (TPSA) is 94.9 Å². The molecule has 1 unspecified atom stereocenters. The molecule has 1 N–H and O–H groups in total. The Labute approximate surface area is 173 Å². The van der Waals surface area contributed by atoms with E-state index in [9.17, 15) is 14.9 Å². The van der Waals surface area contributed by atoms with Crippen LogP contribution >= 0.6 is 0 Å². The molecule has 2 amide bonds. The van der Waals surface area contributed by atoms with Gasteiger partial charge in [-0.2, -0.15) is 5.26 Å². The molecule has 29 heavy (non-hydrogen) atoms. The van der Waals surface area contributed by atoms with Gasteiger partial charge in [-0.05, 0) is 32.2 Å². The molecule has 162 valence electrons. The van der Waals surface area contributed by atoms with Gasteiger partial charge in [0, 0.05) is 26.2 Å². The number of likely N-dealkylation sites (tertiary alicyclic amines) is 1. The first-order valence-corrected chi connectivity index (χ1v) is 11.0. The Hall–Kier alpha value is -1.85. The number of hydrogen-bond donors (Lipinski definition) is 1. The van der Waals surface area contributed by atoms with Crippen LogP contribution in [0.5, 0.6) is 0 Å². The SMILES string of the molecule is CN1CCC(C#N)(NC(=O)C(CC2CCCCC2)OC(=O)N2CCOCC2)CC1. The van der Waals surface area contributed by atoms with Crippen LogP contribution in [0.3, 0.4) is 0 Å². The number of nitrogens with one attached hydrogen (secondary N) is 1. The lowest BCUT2D eigenvalue weighted by Gasteiger charge is -2.37. The maximum Gasteiger partial charge on any atom is 0.410 e. The summed E-state index contributed by atoms with van der Waals surface area (Å²) in [5, 5.41) is 12.7. The summed E-state index contributed by atoms with van der Waals surface area (Å²) in [5.41, 5.74) is -0.875. The maximum absolute atomic E-state index is 13.2. The molecule has 8 nitrogen and oxygen atoms in total. The number of hydrogen-bond acceptors (Lipinski definition) is 6. The molecule has 3 fully saturated rings. The highest BCUT2D eigenvalue weighted by atomic mass is 16.6. The molecule has 1 saturated carbocycles. The van der Waals surface area contributed by atoms with Crippen molar-refractivity contribution in [2.24, 2.45) is 5.92 Å². The second-order valence-corrected chi connectivity index (χ2v) is 8.70. The van der Waals surface area contributed by atoms with E-state index < -0.39 is 17.7 Å². The molecule has 3 rings (SSSR count). The van der Waals surface area contributed by atoms with Crippen LogP contribution in [0.2, 0.25) is 0 Å². The highest BCUT2D eigenvalue weighted by molar-refractivity contribution is 5.84. The Kier molecular flexibility index (Phi) is 7.73. The maximum atomic E-state index is 13.2. The summed E-state index contributed by atoms with van der Waals surface area (Å²) in [6.07, 6.45) is 6.06. The van der Waals surface area contributed by atoms with Gasteiger partial charge in [-0.15, -0.1) is 0 Å². The van der Waals surface area contributed by atoms with Crippen molar-refractivity contribution in [1.82, 2.24) is 15.1 Å². The number of carbonyl (C=O) groups excluding carboxylic acids is 2. The molecule has 0 aromatic heterocycles. The normalized spacial score (nSPS) is 24.3. The summed E-state index contributed by atoms with van der Waals surface area (Å²) >= 11 is 0. The van der Waals surface area contributed by atoms with Gasteiger partial charge >= 0.3 is 6.09 Å². The Morgan fingerprint density at radius 1 is 1.17 bits per heavy atom. The zero-order valence-electron chi connectivity index (χ0n) is 17.5. The number of nitriles is 1. The highest BCUT2D eigenvalue weighted by Gasteiger charge is 2.39. The summed E-state index contributed by atoms with van der Waals surface area (Å²) in [4.78, 5) is 29.5. The number of carbonyl (C=O) groups is 2. The molecule has 8 heteroatoms. The van der Waals surface area contributed by atoms with Crippen LogP contribution in [0.1, 0.15) is 51.4 Å². The molecule has 2 saturated heterocycles. The fraction of sp³-hybridized carbons (Fsp3) is 0.857. The molecule has 2 heterocycles. The van der Waals surface area contributed by atoms with Crippen molar-refractivity contribution in [3.8, 4) is 6.07 Å². The first kappa shape index (κ1) is 21.8. The Morgan fingerprint density at radius 2 is 1.83 bits per heavy atom. The summed E-state index contributed by atoms with van der Waals surface area (Å²) in [7, 11) is 2.01. The van der Waals surface area contributed by atoms with Gasteiger partial charge in [0.1, 0.15) is 5.54 Å². The quantitative estimate of drug-likeness (QED) is 0.749. The fourth-order valence-corrected chi connectivity index (χ4v) is 4.46. The Morgan fingerprint density at radius 3 is 2.45 bits per heavy atom. The molecule has 3 aliphatic rings. The lowest BCUT2D eigenvalue weighted by molar-refractivity contribution is -0.133. The number of ether oxygens (including phenoxy) is 2. The second kappa shape index (κ2) is 10.3. The molecule has 2 aliphatic heterocycles. The van der Waals surface area contributed by atoms with Crippen LogP contribution in [-0.4, -0.2) is 79.9 Å². The number of amides is 2. The first-order valence-electron chi connectivity index (χ1n) is 11.0. The van der Waals surface area contributed by atoms with Crippen molar-refractivity contribution in [2.75, 3.05) is 46.4 Å². The molecule has 0 bridgehead atoms. The van der Waals surface area contributed by atoms with Gasteiger partial charge in [-0.25, -0.2) is 4.79 Å². The van der Waals surface area contributed by atoms with E-state index in [1.165, 1.54) is 6.42 Å². The van der Waals surface area contributed by atoms with E-state index >= 15 is 0 Å². The van der Waals surface area contributed by atoms with E-state index in [1.807, 2.05) is 7.05 Å². The smallest absolute Gasteiger partial charge is 0.410 e. The average Bonchev–Trinajstić information content (AvgIpc) is 2.76. The van der Waals surface area contributed by atoms with Crippen molar-refractivity contribution in [3.05, 3.63) is 0 Å². The largest absolute Gasteiger partial charge is 0.436 e. The van der Waals surface area contributed by atoms with Crippen molar-refractivity contribution >= 4 is 12.0 Å². The van der Waals surface area contributed by atoms with Gasteiger partial charge in [0.05, 0.1) is 19.3 Å². The van der Waals surface area contributed by atoms with Gasteiger partial charge < -0.3 is 24.6 Å². The number of nitrogens with zero attached hydrogens (tertiary/aromatic N) is 3. The van der Waals surface area contributed by atoms with Crippen LogP contribution in [0, 0.1) is 17.2 Å². The number of piperidine rings is 1. The number of morpholine rings is 1. The summed E-state index contributed by atoms with van der Waals surface area (Å²) in [6.45, 7) is 3.44. The van der Waals surface area contributed by atoms with Crippen LogP contribution in [0.4, 0.5) is 4.79 Å². The van der Waals surface area contributed by atoms with E-state index in [0.29, 0.717) is 51.5 Å². The van der Waals surface area contributed by atoms with Crippen LogP contribution < -0.4 is 5.32 Å². The van der Waals surface area contributed by atoms with Crippen LogP contribution in [-0.2, 0) is 14.3 Å². The Balaban J connectivity index is 1.66.